The van der Waals surface area contributed by atoms with Crippen LogP contribution in [0.3, 0.4) is 0 Å². The molecular formula is C17H25N5O3. The molecule has 0 aromatic carbocycles. The number of carbonyl (C=O) groups excluding carboxylic acids is 2. The largest absolute Gasteiger partial charge is 0.487 e. The topological polar surface area (TPSA) is 78.9 Å². The van der Waals surface area contributed by atoms with Crippen molar-refractivity contribution in [1.29, 1.82) is 0 Å². The van der Waals surface area contributed by atoms with Crippen LogP contribution >= 0.6 is 0 Å². The van der Waals surface area contributed by atoms with E-state index in [1.54, 1.807) is 26.2 Å². The van der Waals surface area contributed by atoms with Crippen molar-refractivity contribution in [3.05, 3.63) is 12.4 Å². The second-order valence-corrected chi connectivity index (χ2v) is 6.54. The van der Waals surface area contributed by atoms with E-state index in [1.165, 1.54) is 0 Å². The fourth-order valence-corrected chi connectivity index (χ4v) is 3.24. The molecule has 0 unspecified atom stereocenters. The second kappa shape index (κ2) is 7.67. The number of amides is 2. The fourth-order valence-electron chi connectivity index (χ4n) is 3.24. The number of anilines is 1. The standard InChI is InChI=1S/C17H25N5O3/c1-13(23)20-5-3-15(4-6-20)25-16-11-18-17(19-12-16)22-9-7-21(8-10-22)14(2)24/h11-12,15H,3-10H2,1-2H3. The molecule has 3 rings (SSSR count). The van der Waals surface area contributed by atoms with E-state index in [9.17, 15) is 9.59 Å². The van der Waals surface area contributed by atoms with Gasteiger partial charge in [0.25, 0.3) is 0 Å². The van der Waals surface area contributed by atoms with Crippen LogP contribution in [-0.4, -0.2) is 77.0 Å². The van der Waals surface area contributed by atoms with Gasteiger partial charge in [0.05, 0.1) is 12.4 Å². The monoisotopic (exact) mass is 347 g/mol. The van der Waals surface area contributed by atoms with Gasteiger partial charge in [-0.1, -0.05) is 0 Å². The first-order valence-corrected chi connectivity index (χ1v) is 8.77. The van der Waals surface area contributed by atoms with Gasteiger partial charge in [0.2, 0.25) is 17.8 Å². The second-order valence-electron chi connectivity index (χ2n) is 6.54. The molecule has 3 heterocycles. The van der Waals surface area contributed by atoms with Gasteiger partial charge in [-0.2, -0.15) is 0 Å². The first-order chi connectivity index (χ1) is 12.0. The molecule has 8 heteroatoms. The Hall–Kier alpha value is -2.38. The van der Waals surface area contributed by atoms with Crippen LogP contribution < -0.4 is 9.64 Å². The summed E-state index contributed by atoms with van der Waals surface area (Å²) in [5, 5.41) is 0. The van der Waals surface area contributed by atoms with E-state index in [1.807, 2.05) is 9.80 Å². The molecule has 0 saturated carbocycles. The van der Waals surface area contributed by atoms with Crippen LogP contribution in [0.4, 0.5) is 5.95 Å². The van der Waals surface area contributed by atoms with Crippen molar-refractivity contribution in [3.63, 3.8) is 0 Å². The van der Waals surface area contributed by atoms with Gasteiger partial charge in [-0.3, -0.25) is 9.59 Å². The molecule has 1 aromatic heterocycles. The van der Waals surface area contributed by atoms with Crippen LogP contribution in [-0.2, 0) is 9.59 Å². The van der Waals surface area contributed by atoms with E-state index in [0.29, 0.717) is 24.8 Å². The van der Waals surface area contributed by atoms with Crippen molar-refractivity contribution in [3.8, 4) is 5.75 Å². The first kappa shape index (κ1) is 17.4. The molecule has 1 aromatic rings. The average molecular weight is 347 g/mol. The molecule has 0 spiro atoms. The van der Waals surface area contributed by atoms with Crippen molar-refractivity contribution in [2.75, 3.05) is 44.2 Å². The normalized spacial score (nSPS) is 19.0. The molecule has 0 atom stereocenters. The summed E-state index contributed by atoms with van der Waals surface area (Å²) in [6.07, 6.45) is 5.17. The number of piperidine rings is 1. The summed E-state index contributed by atoms with van der Waals surface area (Å²) in [4.78, 5) is 37.3. The van der Waals surface area contributed by atoms with Crippen molar-refractivity contribution in [2.24, 2.45) is 0 Å². The molecule has 2 fully saturated rings. The molecule has 2 aliphatic heterocycles. The Kier molecular flexibility index (Phi) is 5.35. The molecule has 136 valence electrons. The van der Waals surface area contributed by atoms with E-state index in [0.717, 1.165) is 39.0 Å². The maximum Gasteiger partial charge on any atom is 0.225 e. The predicted molar refractivity (Wildman–Crippen MR) is 92.4 cm³/mol. The van der Waals surface area contributed by atoms with Gasteiger partial charge in [-0.15, -0.1) is 0 Å². The van der Waals surface area contributed by atoms with Crippen LogP contribution in [0.1, 0.15) is 26.7 Å². The average Bonchev–Trinajstić information content (AvgIpc) is 2.63. The predicted octanol–water partition coefficient (Wildman–Crippen LogP) is 0.535. The molecule has 0 radical (unpaired) electrons. The number of hydrogen-bond acceptors (Lipinski definition) is 6. The van der Waals surface area contributed by atoms with Gasteiger partial charge in [0.1, 0.15) is 6.10 Å². The molecule has 0 N–H and O–H groups in total. The molecule has 2 aliphatic rings. The minimum absolute atomic E-state index is 0.101. The lowest BCUT2D eigenvalue weighted by Gasteiger charge is -2.34. The highest BCUT2D eigenvalue weighted by atomic mass is 16.5. The number of ether oxygens (including phenoxy) is 1. The maximum atomic E-state index is 11.4. The van der Waals surface area contributed by atoms with E-state index >= 15 is 0 Å². The van der Waals surface area contributed by atoms with E-state index < -0.39 is 0 Å². The number of nitrogens with zero attached hydrogens (tertiary/aromatic N) is 5. The number of rotatable bonds is 3. The summed E-state index contributed by atoms with van der Waals surface area (Å²) in [5.41, 5.74) is 0. The van der Waals surface area contributed by atoms with Crippen molar-refractivity contribution in [1.82, 2.24) is 19.8 Å². The third-order valence-corrected chi connectivity index (χ3v) is 4.81. The van der Waals surface area contributed by atoms with E-state index in [-0.39, 0.29) is 17.9 Å². The van der Waals surface area contributed by atoms with Gasteiger partial charge in [-0.25, -0.2) is 9.97 Å². The highest BCUT2D eigenvalue weighted by molar-refractivity contribution is 5.73. The number of likely N-dealkylation sites (tertiary alicyclic amines) is 1. The molecule has 2 saturated heterocycles. The third kappa shape index (κ3) is 4.37. The van der Waals surface area contributed by atoms with Crippen LogP contribution in [0.2, 0.25) is 0 Å². The molecule has 2 amide bonds. The summed E-state index contributed by atoms with van der Waals surface area (Å²) in [6.45, 7) is 7.55. The number of aromatic nitrogens is 2. The lowest BCUT2D eigenvalue weighted by atomic mass is 10.1. The highest BCUT2D eigenvalue weighted by Gasteiger charge is 2.23. The van der Waals surface area contributed by atoms with Crippen LogP contribution in [0.5, 0.6) is 5.75 Å². The Morgan fingerprint density at radius 3 is 1.96 bits per heavy atom. The maximum absolute atomic E-state index is 11.4. The Morgan fingerprint density at radius 2 is 1.44 bits per heavy atom. The number of piperazine rings is 1. The summed E-state index contributed by atoms with van der Waals surface area (Å²) >= 11 is 0. The molecule has 25 heavy (non-hydrogen) atoms. The highest BCUT2D eigenvalue weighted by Crippen LogP contribution is 2.19. The zero-order valence-corrected chi connectivity index (χ0v) is 14.8. The van der Waals surface area contributed by atoms with Crippen LogP contribution in [0.15, 0.2) is 12.4 Å². The Bertz CT molecular complexity index is 605. The minimum Gasteiger partial charge on any atom is -0.487 e. The zero-order valence-electron chi connectivity index (χ0n) is 14.8. The van der Waals surface area contributed by atoms with Crippen molar-refractivity contribution < 1.29 is 14.3 Å². The lowest BCUT2D eigenvalue weighted by molar-refractivity contribution is -0.130. The van der Waals surface area contributed by atoms with Crippen LogP contribution in [0.25, 0.3) is 0 Å². The van der Waals surface area contributed by atoms with Gasteiger partial charge in [0, 0.05) is 66.0 Å². The van der Waals surface area contributed by atoms with E-state index in [2.05, 4.69) is 14.9 Å². The minimum atomic E-state index is 0.101. The van der Waals surface area contributed by atoms with Crippen LogP contribution in [0, 0.1) is 0 Å². The van der Waals surface area contributed by atoms with Crippen molar-refractivity contribution in [2.45, 2.75) is 32.8 Å². The number of carbonyl (C=O) groups is 2. The smallest absolute Gasteiger partial charge is 0.225 e. The van der Waals surface area contributed by atoms with Crippen molar-refractivity contribution >= 4 is 17.8 Å². The zero-order chi connectivity index (χ0) is 17.8. The van der Waals surface area contributed by atoms with Gasteiger partial charge < -0.3 is 19.4 Å². The molecular weight excluding hydrogens is 322 g/mol. The Labute approximate surface area is 147 Å². The van der Waals surface area contributed by atoms with Gasteiger partial charge in [-0.05, 0) is 0 Å². The third-order valence-electron chi connectivity index (χ3n) is 4.81. The lowest BCUT2D eigenvalue weighted by Crippen LogP contribution is -2.48. The molecule has 8 nitrogen and oxygen atoms in total. The van der Waals surface area contributed by atoms with E-state index in [4.69, 9.17) is 4.74 Å². The summed E-state index contributed by atoms with van der Waals surface area (Å²) < 4.78 is 5.94. The quantitative estimate of drug-likeness (QED) is 0.794. The number of hydrogen-bond donors (Lipinski definition) is 0. The van der Waals surface area contributed by atoms with Gasteiger partial charge in [0.15, 0.2) is 5.75 Å². The summed E-state index contributed by atoms with van der Waals surface area (Å²) in [6, 6.07) is 0. The molecule has 0 bridgehead atoms. The Balaban J connectivity index is 1.50. The Morgan fingerprint density at radius 1 is 0.920 bits per heavy atom. The fraction of sp³-hybridized carbons (Fsp3) is 0.647. The summed E-state index contributed by atoms with van der Waals surface area (Å²) in [5.74, 6) is 1.56. The molecule has 0 aliphatic carbocycles. The summed E-state index contributed by atoms with van der Waals surface area (Å²) in [7, 11) is 0. The van der Waals surface area contributed by atoms with Gasteiger partial charge >= 0.3 is 0 Å². The first-order valence-electron chi connectivity index (χ1n) is 8.77. The SMILES string of the molecule is CC(=O)N1CCC(Oc2cnc(N3CCN(C(C)=O)CC3)nc2)CC1.